The lowest BCUT2D eigenvalue weighted by atomic mass is 10.1. The van der Waals surface area contributed by atoms with E-state index in [1.54, 1.807) is 55.0 Å². The van der Waals surface area contributed by atoms with Crippen LogP contribution in [0.2, 0.25) is 0 Å². The van der Waals surface area contributed by atoms with Crippen LogP contribution in [0.25, 0.3) is 0 Å². The first-order valence-electron chi connectivity index (χ1n) is 13.1. The van der Waals surface area contributed by atoms with Crippen molar-refractivity contribution in [3.63, 3.8) is 0 Å². The Morgan fingerprint density at radius 2 is 2.00 bits per heavy atom. The van der Waals surface area contributed by atoms with Crippen molar-refractivity contribution in [1.82, 2.24) is 19.9 Å². The van der Waals surface area contributed by atoms with E-state index in [-0.39, 0.29) is 12.5 Å². The Balaban J connectivity index is 1.24. The van der Waals surface area contributed by atoms with Crippen LogP contribution in [0.15, 0.2) is 73.2 Å². The molecule has 40 heavy (non-hydrogen) atoms. The number of carboxylic acid groups (broad SMARTS) is 1. The molecule has 1 fully saturated rings. The van der Waals surface area contributed by atoms with Gasteiger partial charge in [0, 0.05) is 18.8 Å². The normalized spacial score (nSPS) is 14.8. The number of piperidine rings is 1. The maximum Gasteiger partial charge on any atom is 0.307 e. The Morgan fingerprint density at radius 3 is 2.88 bits per heavy atom. The van der Waals surface area contributed by atoms with E-state index in [1.807, 2.05) is 25.1 Å². The molecule has 0 radical (unpaired) electrons. The fourth-order valence-electron chi connectivity index (χ4n) is 4.39. The number of carboxylic acids is 1. The molecule has 0 unspecified atom stereocenters. The van der Waals surface area contributed by atoms with E-state index in [2.05, 4.69) is 25.2 Å². The van der Waals surface area contributed by atoms with Gasteiger partial charge in [0.2, 0.25) is 5.88 Å². The Kier molecular flexibility index (Phi) is 8.50. The van der Waals surface area contributed by atoms with E-state index in [9.17, 15) is 4.79 Å². The summed E-state index contributed by atoms with van der Waals surface area (Å²) in [5.41, 5.74) is 0.645. The molecule has 4 heterocycles. The molecule has 0 saturated carbocycles. The van der Waals surface area contributed by atoms with Crippen molar-refractivity contribution in [1.29, 1.82) is 0 Å². The molecule has 206 valence electrons. The van der Waals surface area contributed by atoms with Crippen molar-refractivity contribution in [2.45, 2.75) is 32.3 Å². The lowest BCUT2D eigenvalue weighted by Gasteiger charge is -2.33. The van der Waals surface area contributed by atoms with Gasteiger partial charge in [-0.1, -0.05) is 18.2 Å². The highest BCUT2D eigenvalue weighted by atomic mass is 16.5. The number of nitrogens with one attached hydrogen (secondary N) is 1. The summed E-state index contributed by atoms with van der Waals surface area (Å²) < 4.78 is 17.7. The first-order chi connectivity index (χ1) is 19.6. The third-order valence-electron chi connectivity index (χ3n) is 6.09. The molecule has 11 heteroatoms. The molecule has 1 aliphatic heterocycles. The van der Waals surface area contributed by atoms with Gasteiger partial charge in [-0.25, -0.2) is 9.97 Å². The van der Waals surface area contributed by atoms with Gasteiger partial charge in [-0.15, -0.1) is 0 Å². The maximum atomic E-state index is 11.0. The van der Waals surface area contributed by atoms with E-state index >= 15 is 0 Å². The summed E-state index contributed by atoms with van der Waals surface area (Å²) in [7, 11) is 0. The van der Waals surface area contributed by atoms with Crippen molar-refractivity contribution in [2.24, 2.45) is 0 Å². The van der Waals surface area contributed by atoms with Gasteiger partial charge in [0.05, 0.1) is 32.0 Å². The summed E-state index contributed by atoms with van der Waals surface area (Å²) in [6.07, 6.45) is 6.76. The summed E-state index contributed by atoms with van der Waals surface area (Å²) in [5, 5.41) is 12.2. The van der Waals surface area contributed by atoms with Gasteiger partial charge >= 0.3 is 5.97 Å². The third kappa shape index (κ3) is 7.13. The molecule has 1 aromatic carbocycles. The van der Waals surface area contributed by atoms with Crippen LogP contribution < -0.4 is 24.4 Å². The number of anilines is 3. The second kappa shape index (κ2) is 12.7. The van der Waals surface area contributed by atoms with Crippen LogP contribution >= 0.6 is 0 Å². The average Bonchev–Trinajstić information content (AvgIpc) is 2.95. The quantitative estimate of drug-likeness (QED) is 0.269. The van der Waals surface area contributed by atoms with Gasteiger partial charge in [-0.05, 0) is 55.7 Å². The fraction of sp³-hybridized carbons (Fsp3) is 0.276. The second-order valence-corrected chi connectivity index (χ2v) is 9.14. The first kappa shape index (κ1) is 26.7. The first-order valence-corrected chi connectivity index (χ1v) is 13.1. The van der Waals surface area contributed by atoms with Gasteiger partial charge in [0.1, 0.15) is 23.5 Å². The van der Waals surface area contributed by atoms with Crippen molar-refractivity contribution >= 4 is 23.4 Å². The molecule has 3 aromatic heterocycles. The monoisotopic (exact) mass is 542 g/mol. The van der Waals surface area contributed by atoms with Gasteiger partial charge in [-0.2, -0.15) is 4.98 Å². The van der Waals surface area contributed by atoms with Crippen LogP contribution in [-0.2, 0) is 11.2 Å². The van der Waals surface area contributed by atoms with E-state index in [0.717, 1.165) is 25.2 Å². The number of nitrogens with zero attached hydrogens (tertiary/aromatic N) is 5. The van der Waals surface area contributed by atoms with Crippen LogP contribution in [0.3, 0.4) is 0 Å². The third-order valence-corrected chi connectivity index (χ3v) is 6.09. The number of rotatable bonds is 11. The zero-order valence-corrected chi connectivity index (χ0v) is 22.1. The molecule has 4 aromatic rings. The SMILES string of the molecule is CCOc1cccnc1O[C@@H]1CCCN(c2cncc(Nc3cccc(Oc4cccc(CC(=O)O)c4)n3)n2)C1. The number of carbonyl (C=O) groups is 1. The Hall–Kier alpha value is -4.93. The largest absolute Gasteiger partial charge is 0.488 e. The number of ether oxygens (including phenoxy) is 3. The molecule has 0 spiro atoms. The van der Waals surface area contributed by atoms with E-state index in [0.29, 0.717) is 53.6 Å². The van der Waals surface area contributed by atoms with Gasteiger partial charge in [0.15, 0.2) is 11.6 Å². The van der Waals surface area contributed by atoms with Crippen molar-refractivity contribution < 1.29 is 24.1 Å². The minimum Gasteiger partial charge on any atom is -0.488 e. The van der Waals surface area contributed by atoms with Gasteiger partial charge in [-0.3, -0.25) is 9.78 Å². The topological polar surface area (TPSA) is 132 Å². The van der Waals surface area contributed by atoms with E-state index in [1.165, 1.54) is 0 Å². The van der Waals surface area contributed by atoms with Crippen LogP contribution in [0.4, 0.5) is 17.5 Å². The van der Waals surface area contributed by atoms with Crippen molar-refractivity contribution in [3.05, 3.63) is 78.8 Å². The fourth-order valence-corrected chi connectivity index (χ4v) is 4.39. The number of aliphatic carboxylic acids is 1. The summed E-state index contributed by atoms with van der Waals surface area (Å²) >= 11 is 0. The molecule has 0 bridgehead atoms. The number of hydrogen-bond donors (Lipinski definition) is 2. The number of pyridine rings is 2. The summed E-state index contributed by atoms with van der Waals surface area (Å²) in [6, 6.07) is 16.0. The van der Waals surface area contributed by atoms with Crippen LogP contribution in [0.5, 0.6) is 23.3 Å². The van der Waals surface area contributed by atoms with E-state index < -0.39 is 5.97 Å². The number of aromatic nitrogens is 4. The van der Waals surface area contributed by atoms with Crippen molar-refractivity contribution in [2.75, 3.05) is 29.9 Å². The zero-order chi connectivity index (χ0) is 27.7. The highest BCUT2D eigenvalue weighted by Gasteiger charge is 2.24. The highest BCUT2D eigenvalue weighted by molar-refractivity contribution is 5.70. The number of hydrogen-bond acceptors (Lipinski definition) is 10. The van der Waals surface area contributed by atoms with Gasteiger partial charge < -0.3 is 29.5 Å². The van der Waals surface area contributed by atoms with E-state index in [4.69, 9.17) is 24.3 Å². The Bertz CT molecular complexity index is 1450. The summed E-state index contributed by atoms with van der Waals surface area (Å²) in [4.78, 5) is 31.2. The molecule has 5 rings (SSSR count). The van der Waals surface area contributed by atoms with Crippen molar-refractivity contribution in [3.8, 4) is 23.3 Å². The van der Waals surface area contributed by atoms with Crippen LogP contribution in [-0.4, -0.2) is 56.8 Å². The summed E-state index contributed by atoms with van der Waals surface area (Å²) in [6.45, 7) is 3.95. The predicted octanol–water partition coefficient (Wildman–Crippen LogP) is 4.88. The molecule has 1 aliphatic rings. The molecule has 0 aliphatic carbocycles. The molecular formula is C29H30N6O5. The minimum absolute atomic E-state index is 0.0641. The highest BCUT2D eigenvalue weighted by Crippen LogP contribution is 2.28. The molecule has 11 nitrogen and oxygen atoms in total. The average molecular weight is 543 g/mol. The molecule has 1 atom stereocenters. The van der Waals surface area contributed by atoms with Crippen LogP contribution in [0.1, 0.15) is 25.3 Å². The standard InChI is InChI=1S/C29H30N6O5/c1-2-38-23-10-5-13-31-29(23)40-22-9-6-14-35(19-22)26-18-30-17-25(33-26)32-24-11-4-12-27(34-24)39-21-8-3-7-20(15-21)16-28(36)37/h3-5,7-8,10-13,15,17-18,22H,2,6,9,14,16,19H2,1H3,(H,36,37)(H,32,33,34)/t22-/m1/s1. The van der Waals surface area contributed by atoms with Crippen LogP contribution in [0, 0.1) is 0 Å². The van der Waals surface area contributed by atoms with Gasteiger partial charge in [0.25, 0.3) is 5.88 Å². The minimum atomic E-state index is -0.902. The summed E-state index contributed by atoms with van der Waals surface area (Å²) in [5.74, 6) is 2.90. The lowest BCUT2D eigenvalue weighted by molar-refractivity contribution is -0.136. The number of benzene rings is 1. The maximum absolute atomic E-state index is 11.0. The smallest absolute Gasteiger partial charge is 0.307 e. The zero-order valence-electron chi connectivity index (χ0n) is 22.1. The Morgan fingerprint density at radius 1 is 1.10 bits per heavy atom. The molecule has 0 amide bonds. The second-order valence-electron chi connectivity index (χ2n) is 9.14. The Labute approximate surface area is 231 Å². The molecule has 1 saturated heterocycles. The molecular weight excluding hydrogens is 512 g/mol. The predicted molar refractivity (Wildman–Crippen MR) is 149 cm³/mol. The molecule has 2 N–H and O–H groups in total. The lowest BCUT2D eigenvalue weighted by Crippen LogP contribution is -2.41.